The maximum absolute atomic E-state index is 11.5. The molecule has 1 aliphatic rings. The lowest BCUT2D eigenvalue weighted by Gasteiger charge is -2.37. The van der Waals surface area contributed by atoms with E-state index in [1.807, 2.05) is 18.2 Å². The van der Waals surface area contributed by atoms with Gasteiger partial charge >= 0.3 is 5.97 Å². The van der Waals surface area contributed by atoms with Gasteiger partial charge in [0.2, 0.25) is 0 Å². The maximum Gasteiger partial charge on any atom is 0.308 e. The molecule has 1 saturated heterocycles. The molecule has 1 aliphatic heterocycles. The summed E-state index contributed by atoms with van der Waals surface area (Å²) < 4.78 is 4.92. The highest BCUT2D eigenvalue weighted by Crippen LogP contribution is 2.26. The number of hydrogen-bond donors (Lipinski definition) is 1. The van der Waals surface area contributed by atoms with Gasteiger partial charge in [-0.3, -0.25) is 9.69 Å². The second-order valence-corrected chi connectivity index (χ2v) is 6.14. The number of carbonyl (C=O) groups excluding carboxylic acids is 1. The molecule has 24 heavy (non-hydrogen) atoms. The molecule has 1 aromatic rings. The molecule has 5 nitrogen and oxygen atoms in total. The van der Waals surface area contributed by atoms with Gasteiger partial charge in [0.1, 0.15) is 0 Å². The summed E-state index contributed by atoms with van der Waals surface area (Å²) in [6, 6.07) is 9.55. The molecule has 0 radical (unpaired) electrons. The molecule has 1 aromatic carbocycles. The molecule has 0 aromatic heterocycles. The molecule has 0 atom stereocenters. The van der Waals surface area contributed by atoms with Gasteiger partial charge in [-0.2, -0.15) is 5.26 Å². The molecule has 1 fully saturated rings. The van der Waals surface area contributed by atoms with Gasteiger partial charge in [-0.15, -0.1) is 0 Å². The van der Waals surface area contributed by atoms with E-state index in [9.17, 15) is 9.90 Å². The van der Waals surface area contributed by atoms with Gasteiger partial charge in [0.15, 0.2) is 0 Å². The van der Waals surface area contributed by atoms with Crippen molar-refractivity contribution in [1.82, 2.24) is 4.90 Å². The van der Waals surface area contributed by atoms with Crippen molar-refractivity contribution in [2.45, 2.75) is 31.8 Å². The first-order chi connectivity index (χ1) is 11.5. The van der Waals surface area contributed by atoms with E-state index in [0.29, 0.717) is 25.0 Å². The standard InChI is InChI=1S/C19H24N2O3/c1-2-24-18(22)14-19(23)9-12-21(13-10-19)11-3-4-16-5-7-17(15-20)8-6-16/h3-8,23H,2,9-14H2,1H3/b4-3+. The topological polar surface area (TPSA) is 73.6 Å². The second kappa shape index (κ2) is 8.62. The third kappa shape index (κ3) is 5.48. The number of aliphatic hydroxyl groups is 1. The van der Waals surface area contributed by atoms with Crippen molar-refractivity contribution in [1.29, 1.82) is 5.26 Å². The van der Waals surface area contributed by atoms with Gasteiger partial charge in [-0.05, 0) is 37.5 Å². The summed E-state index contributed by atoms with van der Waals surface area (Å²) in [5, 5.41) is 19.2. The minimum Gasteiger partial charge on any atom is -0.466 e. The van der Waals surface area contributed by atoms with Crippen molar-refractivity contribution in [3.63, 3.8) is 0 Å². The molecule has 0 aliphatic carbocycles. The Hall–Kier alpha value is -2.16. The largest absolute Gasteiger partial charge is 0.466 e. The number of nitrogens with zero attached hydrogens (tertiary/aromatic N) is 2. The molecule has 5 heteroatoms. The zero-order valence-electron chi connectivity index (χ0n) is 14.1. The van der Waals surface area contributed by atoms with E-state index in [2.05, 4.69) is 17.0 Å². The van der Waals surface area contributed by atoms with E-state index in [4.69, 9.17) is 10.00 Å². The quantitative estimate of drug-likeness (QED) is 0.812. The second-order valence-electron chi connectivity index (χ2n) is 6.14. The SMILES string of the molecule is CCOC(=O)CC1(O)CCN(C/C=C/c2ccc(C#N)cc2)CC1. The summed E-state index contributed by atoms with van der Waals surface area (Å²) in [4.78, 5) is 13.8. The fourth-order valence-corrected chi connectivity index (χ4v) is 2.82. The van der Waals surface area contributed by atoms with Crippen molar-refractivity contribution in [2.75, 3.05) is 26.2 Å². The van der Waals surface area contributed by atoms with Crippen LogP contribution in [0.15, 0.2) is 30.3 Å². The highest BCUT2D eigenvalue weighted by Gasteiger charge is 2.34. The van der Waals surface area contributed by atoms with E-state index in [-0.39, 0.29) is 12.4 Å². The fourth-order valence-electron chi connectivity index (χ4n) is 2.82. The van der Waals surface area contributed by atoms with Gasteiger partial charge in [-0.1, -0.05) is 24.3 Å². The Morgan fingerprint density at radius 2 is 2.04 bits per heavy atom. The number of nitriles is 1. The number of hydrogen-bond acceptors (Lipinski definition) is 5. The predicted octanol–water partition coefficient (Wildman–Crippen LogP) is 2.35. The molecule has 0 spiro atoms. The van der Waals surface area contributed by atoms with Crippen LogP contribution in [0.2, 0.25) is 0 Å². The summed E-state index contributed by atoms with van der Waals surface area (Å²) >= 11 is 0. The van der Waals surface area contributed by atoms with Gasteiger partial charge in [0.25, 0.3) is 0 Å². The average molecular weight is 328 g/mol. The van der Waals surface area contributed by atoms with Crippen LogP contribution >= 0.6 is 0 Å². The third-order valence-electron chi connectivity index (χ3n) is 4.28. The monoisotopic (exact) mass is 328 g/mol. The van der Waals surface area contributed by atoms with Crippen LogP contribution in [0.5, 0.6) is 0 Å². The normalized spacial score (nSPS) is 17.5. The summed E-state index contributed by atoms with van der Waals surface area (Å²) in [7, 11) is 0. The first kappa shape index (κ1) is 18.2. The van der Waals surface area contributed by atoms with Gasteiger partial charge in [-0.25, -0.2) is 0 Å². The number of esters is 1. The van der Waals surface area contributed by atoms with Crippen molar-refractivity contribution in [3.05, 3.63) is 41.5 Å². The molecule has 2 rings (SSSR count). The number of carbonyl (C=O) groups is 1. The Labute approximate surface area is 143 Å². The summed E-state index contributed by atoms with van der Waals surface area (Å²) in [6.07, 6.45) is 5.35. The molecule has 1 heterocycles. The van der Waals surface area contributed by atoms with Crippen molar-refractivity contribution in [3.8, 4) is 6.07 Å². The number of rotatable bonds is 6. The van der Waals surface area contributed by atoms with E-state index in [1.54, 1.807) is 19.1 Å². The molecule has 0 saturated carbocycles. The van der Waals surface area contributed by atoms with Crippen LogP contribution in [-0.2, 0) is 9.53 Å². The van der Waals surface area contributed by atoms with E-state index >= 15 is 0 Å². The zero-order chi connectivity index (χ0) is 17.4. The molecule has 128 valence electrons. The molecular weight excluding hydrogens is 304 g/mol. The lowest BCUT2D eigenvalue weighted by molar-refractivity contribution is -0.150. The number of benzene rings is 1. The Kier molecular flexibility index (Phi) is 6.53. The van der Waals surface area contributed by atoms with E-state index < -0.39 is 5.60 Å². The lowest BCUT2D eigenvalue weighted by Crippen LogP contribution is -2.45. The van der Waals surface area contributed by atoms with Crippen molar-refractivity contribution in [2.24, 2.45) is 0 Å². The predicted molar refractivity (Wildman–Crippen MR) is 92.1 cm³/mol. The van der Waals surface area contributed by atoms with Crippen LogP contribution in [0, 0.1) is 11.3 Å². The highest BCUT2D eigenvalue weighted by atomic mass is 16.5. The van der Waals surface area contributed by atoms with Crippen LogP contribution in [0.3, 0.4) is 0 Å². The number of ether oxygens (including phenoxy) is 1. The molecule has 0 bridgehead atoms. The lowest BCUT2D eigenvalue weighted by atomic mass is 9.88. The first-order valence-corrected chi connectivity index (χ1v) is 8.32. The van der Waals surface area contributed by atoms with Crippen LogP contribution in [0.25, 0.3) is 6.08 Å². The molecule has 1 N–H and O–H groups in total. The number of piperidine rings is 1. The summed E-state index contributed by atoms with van der Waals surface area (Å²) in [5.41, 5.74) is 0.786. The van der Waals surface area contributed by atoms with Gasteiger partial charge < -0.3 is 9.84 Å². The fraction of sp³-hybridized carbons (Fsp3) is 0.474. The Morgan fingerprint density at radius 3 is 2.62 bits per heavy atom. The zero-order valence-corrected chi connectivity index (χ0v) is 14.1. The van der Waals surface area contributed by atoms with Gasteiger partial charge in [0, 0.05) is 19.6 Å². The summed E-state index contributed by atoms with van der Waals surface area (Å²) in [5.74, 6) is -0.325. The average Bonchev–Trinajstić information content (AvgIpc) is 2.57. The molecule has 0 amide bonds. The van der Waals surface area contributed by atoms with Crippen LogP contribution < -0.4 is 0 Å². The summed E-state index contributed by atoms with van der Waals surface area (Å²) in [6.45, 7) is 4.43. The minimum absolute atomic E-state index is 0.0791. The van der Waals surface area contributed by atoms with Crippen LogP contribution in [0.1, 0.15) is 37.3 Å². The Morgan fingerprint density at radius 1 is 1.38 bits per heavy atom. The molecular formula is C19H24N2O3. The van der Waals surface area contributed by atoms with Crippen molar-refractivity contribution < 1.29 is 14.6 Å². The van der Waals surface area contributed by atoms with E-state index in [1.165, 1.54) is 0 Å². The minimum atomic E-state index is -0.931. The molecule has 0 unspecified atom stereocenters. The van der Waals surface area contributed by atoms with Crippen molar-refractivity contribution >= 4 is 12.0 Å². The third-order valence-corrected chi connectivity index (χ3v) is 4.28. The first-order valence-electron chi connectivity index (χ1n) is 8.32. The number of likely N-dealkylation sites (tertiary alicyclic amines) is 1. The van der Waals surface area contributed by atoms with Crippen LogP contribution in [0.4, 0.5) is 0 Å². The highest BCUT2D eigenvalue weighted by molar-refractivity contribution is 5.70. The van der Waals surface area contributed by atoms with E-state index in [0.717, 1.165) is 25.2 Å². The van der Waals surface area contributed by atoms with Crippen LogP contribution in [-0.4, -0.2) is 47.8 Å². The smallest absolute Gasteiger partial charge is 0.308 e. The maximum atomic E-state index is 11.5. The Balaban J connectivity index is 1.77. The van der Waals surface area contributed by atoms with Gasteiger partial charge in [0.05, 0.1) is 30.3 Å². The Bertz CT molecular complexity index is 608.